The van der Waals surface area contributed by atoms with Crippen LogP contribution in [0.15, 0.2) is 35.7 Å². The highest BCUT2D eigenvalue weighted by atomic mass is 32.1. The monoisotopic (exact) mass is 273 g/mol. The highest BCUT2D eigenvalue weighted by Crippen LogP contribution is 2.27. The number of benzene rings is 1. The van der Waals surface area contributed by atoms with E-state index in [-0.39, 0.29) is 6.10 Å². The molecule has 19 heavy (non-hydrogen) atoms. The van der Waals surface area contributed by atoms with Gasteiger partial charge in [0.05, 0.1) is 0 Å². The summed E-state index contributed by atoms with van der Waals surface area (Å²) in [7, 11) is 0. The maximum atomic E-state index is 5.92. The fraction of sp³-hybridized carbons (Fsp3) is 0.375. The van der Waals surface area contributed by atoms with Crippen molar-refractivity contribution in [2.45, 2.75) is 32.4 Å². The van der Waals surface area contributed by atoms with Crippen molar-refractivity contribution in [1.82, 2.24) is 5.32 Å². The molecule has 0 saturated carbocycles. The molecule has 0 amide bonds. The molecular weight excluding hydrogens is 254 g/mol. The zero-order chi connectivity index (χ0) is 13.1. The molecular formula is C16H19NOS. The van der Waals surface area contributed by atoms with Crippen LogP contribution in [0, 0.1) is 0 Å². The number of thiophene rings is 1. The van der Waals surface area contributed by atoms with Crippen LogP contribution in [0.2, 0.25) is 0 Å². The molecule has 0 aliphatic carbocycles. The Bertz CT molecular complexity index is 524. The van der Waals surface area contributed by atoms with Crippen LogP contribution < -0.4 is 10.1 Å². The molecule has 0 fully saturated rings. The van der Waals surface area contributed by atoms with Gasteiger partial charge in [0.1, 0.15) is 11.9 Å². The molecule has 0 spiro atoms. The lowest BCUT2D eigenvalue weighted by Crippen LogP contribution is -2.29. The molecule has 2 aromatic rings. The number of aryl methyl sites for hydroxylation is 1. The largest absolute Gasteiger partial charge is 0.488 e. The van der Waals surface area contributed by atoms with Crippen molar-refractivity contribution in [3.05, 3.63) is 51.7 Å². The average molecular weight is 273 g/mol. The summed E-state index contributed by atoms with van der Waals surface area (Å²) in [5.41, 5.74) is 2.80. The topological polar surface area (TPSA) is 21.3 Å². The van der Waals surface area contributed by atoms with E-state index in [1.165, 1.54) is 16.0 Å². The van der Waals surface area contributed by atoms with Crippen molar-refractivity contribution in [1.29, 1.82) is 0 Å². The van der Waals surface area contributed by atoms with E-state index >= 15 is 0 Å². The summed E-state index contributed by atoms with van der Waals surface area (Å²) in [6, 6.07) is 10.6. The maximum absolute atomic E-state index is 5.92. The van der Waals surface area contributed by atoms with E-state index in [1.807, 2.05) is 17.4 Å². The molecule has 1 aliphatic rings. The zero-order valence-corrected chi connectivity index (χ0v) is 12.0. The van der Waals surface area contributed by atoms with E-state index in [1.54, 1.807) is 0 Å². The molecule has 3 heteroatoms. The first-order valence-corrected chi connectivity index (χ1v) is 7.75. The minimum Gasteiger partial charge on any atom is -0.488 e. The Hall–Kier alpha value is -1.32. The smallest absolute Gasteiger partial charge is 0.123 e. The maximum Gasteiger partial charge on any atom is 0.123 e. The molecule has 0 saturated heterocycles. The van der Waals surface area contributed by atoms with Crippen molar-refractivity contribution in [3.8, 4) is 5.75 Å². The first-order valence-electron chi connectivity index (χ1n) is 6.87. The van der Waals surface area contributed by atoms with Gasteiger partial charge < -0.3 is 10.1 Å². The van der Waals surface area contributed by atoms with E-state index in [9.17, 15) is 0 Å². The molecule has 2 nitrogen and oxygen atoms in total. The highest BCUT2D eigenvalue weighted by Gasteiger charge is 2.21. The van der Waals surface area contributed by atoms with Gasteiger partial charge in [-0.15, -0.1) is 11.3 Å². The Morgan fingerprint density at radius 1 is 1.32 bits per heavy atom. The van der Waals surface area contributed by atoms with Crippen LogP contribution in [0.4, 0.5) is 0 Å². The first kappa shape index (κ1) is 12.7. The molecule has 1 N–H and O–H groups in total. The summed E-state index contributed by atoms with van der Waals surface area (Å²) < 4.78 is 5.92. The normalized spacial score (nSPS) is 17.2. The lowest BCUT2D eigenvalue weighted by atomic mass is 10.1. The lowest BCUT2D eigenvalue weighted by Gasteiger charge is -2.11. The number of rotatable bonds is 5. The number of fused-ring (bicyclic) bond motifs is 1. The van der Waals surface area contributed by atoms with Gasteiger partial charge in [-0.05, 0) is 35.1 Å². The summed E-state index contributed by atoms with van der Waals surface area (Å²) in [5, 5.41) is 5.70. The second-order valence-corrected chi connectivity index (χ2v) is 5.91. The van der Waals surface area contributed by atoms with Gasteiger partial charge in [-0.2, -0.15) is 0 Å². The molecule has 1 aromatic carbocycles. The van der Waals surface area contributed by atoms with E-state index in [4.69, 9.17) is 4.74 Å². The van der Waals surface area contributed by atoms with Crippen LogP contribution in [0.25, 0.3) is 0 Å². The third-order valence-corrected chi connectivity index (χ3v) is 4.55. The Kier molecular flexibility index (Phi) is 3.85. The van der Waals surface area contributed by atoms with Crippen LogP contribution in [-0.2, 0) is 19.4 Å². The van der Waals surface area contributed by atoms with Gasteiger partial charge in [-0.1, -0.05) is 25.1 Å². The SMILES string of the molecule is CCc1ccsc1CNCC1Cc2ccccc2O1. The molecule has 1 atom stereocenters. The number of nitrogens with one attached hydrogen (secondary N) is 1. The summed E-state index contributed by atoms with van der Waals surface area (Å²) >= 11 is 1.84. The molecule has 100 valence electrons. The first-order chi connectivity index (χ1) is 9.36. The molecule has 1 aliphatic heterocycles. The number of ether oxygens (including phenoxy) is 1. The molecule has 2 heterocycles. The predicted octanol–water partition coefficient (Wildman–Crippen LogP) is 3.40. The van der Waals surface area contributed by atoms with Crippen molar-refractivity contribution in [2.24, 2.45) is 0 Å². The van der Waals surface area contributed by atoms with E-state index in [0.717, 1.165) is 31.7 Å². The number of hydrogen-bond acceptors (Lipinski definition) is 3. The molecule has 3 rings (SSSR count). The lowest BCUT2D eigenvalue weighted by molar-refractivity contribution is 0.227. The van der Waals surface area contributed by atoms with Crippen molar-refractivity contribution >= 4 is 11.3 Å². The fourth-order valence-corrected chi connectivity index (χ4v) is 3.50. The van der Waals surface area contributed by atoms with Crippen LogP contribution in [0.5, 0.6) is 5.75 Å². The van der Waals surface area contributed by atoms with Crippen LogP contribution in [0.1, 0.15) is 22.9 Å². The molecule has 0 bridgehead atoms. The Morgan fingerprint density at radius 3 is 3.05 bits per heavy atom. The second-order valence-electron chi connectivity index (χ2n) is 4.91. The fourth-order valence-electron chi connectivity index (χ4n) is 2.55. The quantitative estimate of drug-likeness (QED) is 0.901. The highest BCUT2D eigenvalue weighted by molar-refractivity contribution is 7.10. The van der Waals surface area contributed by atoms with Crippen LogP contribution in [0.3, 0.4) is 0 Å². The molecule has 1 aromatic heterocycles. The summed E-state index contributed by atoms with van der Waals surface area (Å²) in [6.45, 7) is 4.08. The van der Waals surface area contributed by atoms with Gasteiger partial charge in [0.25, 0.3) is 0 Å². The average Bonchev–Trinajstić information content (AvgIpc) is 3.04. The Morgan fingerprint density at radius 2 is 2.21 bits per heavy atom. The Labute approximate surface area is 118 Å². The van der Waals surface area contributed by atoms with Crippen LogP contribution in [-0.4, -0.2) is 12.6 Å². The van der Waals surface area contributed by atoms with Crippen molar-refractivity contribution in [3.63, 3.8) is 0 Å². The van der Waals surface area contributed by atoms with Crippen LogP contribution >= 0.6 is 11.3 Å². The number of para-hydroxylation sites is 1. The van der Waals surface area contributed by atoms with Gasteiger partial charge in [0.2, 0.25) is 0 Å². The second kappa shape index (κ2) is 5.76. The molecule has 0 radical (unpaired) electrons. The standard InChI is InChI=1S/C16H19NOS/c1-2-12-7-8-19-16(12)11-17-10-14-9-13-5-3-4-6-15(13)18-14/h3-8,14,17H,2,9-11H2,1H3. The Balaban J connectivity index is 1.50. The molecule has 1 unspecified atom stereocenters. The van der Waals surface area contributed by atoms with E-state index < -0.39 is 0 Å². The summed E-state index contributed by atoms with van der Waals surface area (Å²) in [6.07, 6.45) is 2.42. The van der Waals surface area contributed by atoms with Gasteiger partial charge >= 0.3 is 0 Å². The minimum atomic E-state index is 0.280. The van der Waals surface area contributed by atoms with Gasteiger partial charge in [-0.3, -0.25) is 0 Å². The number of hydrogen-bond donors (Lipinski definition) is 1. The van der Waals surface area contributed by atoms with Gasteiger partial charge in [-0.25, -0.2) is 0 Å². The van der Waals surface area contributed by atoms with E-state index in [2.05, 4.69) is 41.9 Å². The van der Waals surface area contributed by atoms with E-state index in [0.29, 0.717) is 0 Å². The van der Waals surface area contributed by atoms with Crippen molar-refractivity contribution < 1.29 is 4.74 Å². The third-order valence-electron chi connectivity index (χ3n) is 3.59. The summed E-state index contributed by atoms with van der Waals surface area (Å²) in [4.78, 5) is 1.46. The van der Waals surface area contributed by atoms with Gasteiger partial charge in [0.15, 0.2) is 0 Å². The predicted molar refractivity (Wildman–Crippen MR) is 80.0 cm³/mol. The van der Waals surface area contributed by atoms with Crippen molar-refractivity contribution in [2.75, 3.05) is 6.54 Å². The van der Waals surface area contributed by atoms with Gasteiger partial charge in [0, 0.05) is 24.4 Å². The minimum absolute atomic E-state index is 0.280. The zero-order valence-electron chi connectivity index (χ0n) is 11.2. The third kappa shape index (κ3) is 2.82. The summed E-state index contributed by atoms with van der Waals surface area (Å²) in [5.74, 6) is 1.06.